The van der Waals surface area contributed by atoms with Crippen LogP contribution in [0.3, 0.4) is 0 Å². The number of aromatic amines is 1. The number of carbonyl (C=O) groups excluding carboxylic acids is 1. The fourth-order valence-electron chi connectivity index (χ4n) is 5.62. The highest BCUT2D eigenvalue weighted by Crippen LogP contribution is 2.32. The van der Waals surface area contributed by atoms with Crippen LogP contribution in [0.5, 0.6) is 5.75 Å². The number of nitrogens with one attached hydrogen (secondary N) is 2. The molecule has 1 aliphatic heterocycles. The first-order valence-electron chi connectivity index (χ1n) is 14.0. The smallest absolute Gasteiger partial charge is 0.252 e. The molecule has 42 heavy (non-hydrogen) atoms. The van der Waals surface area contributed by atoms with Crippen LogP contribution in [0, 0.1) is 12.7 Å². The molecule has 3 heterocycles. The summed E-state index contributed by atoms with van der Waals surface area (Å²) in [6.07, 6.45) is 4.76. The second kappa shape index (κ2) is 11.3. The van der Waals surface area contributed by atoms with Crippen molar-refractivity contribution in [3.05, 3.63) is 107 Å². The molecular formula is C33H33FN6O2. The summed E-state index contributed by atoms with van der Waals surface area (Å²) >= 11 is 0. The number of phenols is 1. The van der Waals surface area contributed by atoms with Crippen LogP contribution in [0.2, 0.25) is 0 Å². The Bertz CT molecular complexity index is 1720. The Balaban J connectivity index is 1.29. The summed E-state index contributed by atoms with van der Waals surface area (Å²) in [6.45, 7) is 3.80. The highest BCUT2D eigenvalue weighted by molar-refractivity contribution is 5.96. The van der Waals surface area contributed by atoms with Gasteiger partial charge < -0.3 is 25.2 Å². The number of para-hydroxylation sites is 1. The van der Waals surface area contributed by atoms with E-state index in [9.17, 15) is 14.3 Å². The number of likely N-dealkylation sites (N-methyl/N-ethyl adjacent to an activating group) is 1. The van der Waals surface area contributed by atoms with E-state index in [1.54, 1.807) is 12.1 Å². The van der Waals surface area contributed by atoms with Crippen molar-refractivity contribution in [1.82, 2.24) is 25.2 Å². The second-order valence-electron chi connectivity index (χ2n) is 11.1. The van der Waals surface area contributed by atoms with E-state index in [2.05, 4.69) is 44.2 Å². The average molecular weight is 565 g/mol. The van der Waals surface area contributed by atoms with Crippen LogP contribution >= 0.6 is 0 Å². The quantitative estimate of drug-likeness (QED) is 0.244. The third-order valence-electron chi connectivity index (χ3n) is 7.93. The van der Waals surface area contributed by atoms with Gasteiger partial charge in [-0.05, 0) is 86.9 Å². The maximum atomic E-state index is 14.3. The summed E-state index contributed by atoms with van der Waals surface area (Å²) in [5.74, 6) is -0.484. The number of benzene rings is 3. The molecule has 8 nitrogen and oxygen atoms in total. The van der Waals surface area contributed by atoms with E-state index in [1.807, 2.05) is 55.7 Å². The van der Waals surface area contributed by atoms with Gasteiger partial charge in [-0.25, -0.2) is 14.4 Å². The van der Waals surface area contributed by atoms with Gasteiger partial charge in [-0.3, -0.25) is 4.79 Å². The average Bonchev–Trinajstić information content (AvgIpc) is 3.65. The fourth-order valence-corrected chi connectivity index (χ4v) is 5.62. The number of amides is 1. The van der Waals surface area contributed by atoms with E-state index >= 15 is 0 Å². The molecule has 3 N–H and O–H groups in total. The van der Waals surface area contributed by atoms with Gasteiger partial charge in [0.1, 0.15) is 11.6 Å². The molecule has 9 heteroatoms. The zero-order chi connectivity index (χ0) is 29.4. The molecule has 6 rings (SSSR count). The number of aryl methyl sites for hydroxylation is 1. The number of halogens is 1. The molecule has 1 aliphatic rings. The van der Waals surface area contributed by atoms with Crippen LogP contribution in [-0.2, 0) is 0 Å². The van der Waals surface area contributed by atoms with Gasteiger partial charge in [0.15, 0.2) is 5.82 Å². The topological polar surface area (TPSA) is 97.4 Å². The number of hydrogen-bond donors (Lipinski definition) is 3. The van der Waals surface area contributed by atoms with Gasteiger partial charge in [0.25, 0.3) is 5.91 Å². The summed E-state index contributed by atoms with van der Waals surface area (Å²) in [5, 5.41) is 14.6. The third kappa shape index (κ3) is 5.56. The number of fused-ring (bicyclic) bond motifs is 1. The second-order valence-corrected chi connectivity index (χ2v) is 11.1. The lowest BCUT2D eigenvalue weighted by Crippen LogP contribution is -2.31. The minimum absolute atomic E-state index is 0.117. The largest absolute Gasteiger partial charge is 0.508 e. The number of anilines is 1. The van der Waals surface area contributed by atoms with Crippen molar-refractivity contribution < 1.29 is 14.3 Å². The number of hydrogen-bond acceptors (Lipinski definition) is 6. The Hall–Kier alpha value is -4.76. The van der Waals surface area contributed by atoms with Crippen LogP contribution < -0.4 is 10.2 Å². The van der Waals surface area contributed by atoms with Gasteiger partial charge in [-0.15, -0.1) is 0 Å². The maximum absolute atomic E-state index is 14.3. The molecule has 1 amide bonds. The monoisotopic (exact) mass is 564 g/mol. The van der Waals surface area contributed by atoms with Crippen molar-refractivity contribution >= 4 is 22.5 Å². The molecule has 0 aliphatic carbocycles. The van der Waals surface area contributed by atoms with Crippen molar-refractivity contribution in [2.75, 3.05) is 32.1 Å². The Kier molecular flexibility index (Phi) is 7.34. The van der Waals surface area contributed by atoms with Gasteiger partial charge in [-0.1, -0.05) is 18.2 Å². The van der Waals surface area contributed by atoms with E-state index < -0.39 is 11.9 Å². The molecule has 2 aromatic heterocycles. The van der Waals surface area contributed by atoms with Crippen molar-refractivity contribution in [2.24, 2.45) is 0 Å². The molecule has 0 radical (unpaired) electrons. The number of nitrogens with zero attached hydrogens (tertiary/aromatic N) is 4. The van der Waals surface area contributed by atoms with Crippen LogP contribution in [-0.4, -0.2) is 64.1 Å². The summed E-state index contributed by atoms with van der Waals surface area (Å²) in [5.41, 5.74) is 4.71. The van der Waals surface area contributed by atoms with E-state index in [1.165, 1.54) is 18.2 Å². The van der Waals surface area contributed by atoms with Gasteiger partial charge in [0.05, 0.1) is 24.1 Å². The Morgan fingerprint density at radius 2 is 1.88 bits per heavy atom. The predicted molar refractivity (Wildman–Crippen MR) is 162 cm³/mol. The number of carbonyl (C=O) groups is 1. The molecule has 0 spiro atoms. The van der Waals surface area contributed by atoms with E-state index in [0.29, 0.717) is 23.1 Å². The van der Waals surface area contributed by atoms with Gasteiger partial charge in [0, 0.05) is 47.0 Å². The fraction of sp³-hybridized carbons (Fsp3) is 0.242. The van der Waals surface area contributed by atoms with Crippen LogP contribution in [0.15, 0.2) is 79.1 Å². The van der Waals surface area contributed by atoms with Crippen LogP contribution in [0.25, 0.3) is 22.3 Å². The lowest BCUT2D eigenvalue weighted by Gasteiger charge is -2.21. The predicted octanol–water partition coefficient (Wildman–Crippen LogP) is 5.44. The van der Waals surface area contributed by atoms with Gasteiger partial charge >= 0.3 is 0 Å². The summed E-state index contributed by atoms with van der Waals surface area (Å²) in [4.78, 5) is 30.8. The lowest BCUT2D eigenvalue weighted by molar-refractivity contribution is 0.0942. The van der Waals surface area contributed by atoms with Crippen molar-refractivity contribution in [1.29, 1.82) is 0 Å². The number of H-pyrrole nitrogens is 1. The Morgan fingerprint density at radius 1 is 1.10 bits per heavy atom. The minimum Gasteiger partial charge on any atom is -0.508 e. The van der Waals surface area contributed by atoms with Crippen molar-refractivity contribution in [3.8, 4) is 17.1 Å². The molecule has 3 aromatic carbocycles. The summed E-state index contributed by atoms with van der Waals surface area (Å²) in [7, 11) is 4.20. The molecule has 0 bridgehead atoms. The zero-order valence-corrected chi connectivity index (χ0v) is 23.8. The zero-order valence-electron chi connectivity index (χ0n) is 23.8. The van der Waals surface area contributed by atoms with E-state index in [-0.39, 0.29) is 17.2 Å². The normalized spacial score (nSPS) is 15.8. The van der Waals surface area contributed by atoms with Crippen molar-refractivity contribution in [2.45, 2.75) is 25.4 Å². The molecule has 1 fully saturated rings. The molecule has 1 saturated heterocycles. The minimum atomic E-state index is -0.827. The van der Waals surface area contributed by atoms with Crippen molar-refractivity contribution in [3.63, 3.8) is 0 Å². The molecule has 0 saturated carbocycles. The molecule has 1 unspecified atom stereocenters. The van der Waals surface area contributed by atoms with Crippen LogP contribution in [0.1, 0.15) is 39.6 Å². The maximum Gasteiger partial charge on any atom is 0.252 e. The first kappa shape index (κ1) is 27.4. The Morgan fingerprint density at radius 3 is 2.62 bits per heavy atom. The highest BCUT2D eigenvalue weighted by Gasteiger charge is 2.26. The molecule has 5 aromatic rings. The SMILES string of the molecule is Cc1cc(C(=O)N[C@@H](c2cc3ccccc3[nH]2)c2cc(F)ccc2O)cc(-c2ncc(N3CCC(N(C)C)C3)cn2)c1. The number of phenolic OH excluding ortho intramolecular Hbond substituents is 1. The number of aromatic nitrogens is 3. The third-order valence-corrected chi connectivity index (χ3v) is 7.93. The molecule has 2 atom stereocenters. The lowest BCUT2D eigenvalue weighted by atomic mass is 10.0. The highest BCUT2D eigenvalue weighted by atomic mass is 19.1. The standard InChI is InChI=1S/C33H33FN6O2/c1-20-12-22(32-35-17-26(18-36-32)40-11-10-25(19-40)39(2)3)14-23(13-20)33(42)38-31(27-16-24(34)8-9-30(27)41)29-15-21-6-4-5-7-28(21)37-29/h4-9,12-18,25,31,37,41H,10-11,19H2,1-3H3,(H,38,42)/t25?,31-/m1/s1. The first-order valence-corrected chi connectivity index (χ1v) is 14.0. The number of aromatic hydroxyl groups is 1. The van der Waals surface area contributed by atoms with E-state index in [4.69, 9.17) is 0 Å². The molecular weight excluding hydrogens is 531 g/mol. The first-order chi connectivity index (χ1) is 20.2. The van der Waals surface area contributed by atoms with Crippen LogP contribution in [0.4, 0.5) is 10.1 Å². The van der Waals surface area contributed by atoms with E-state index in [0.717, 1.165) is 47.2 Å². The molecule has 214 valence electrons. The van der Waals surface area contributed by atoms with Gasteiger partial charge in [-0.2, -0.15) is 0 Å². The summed E-state index contributed by atoms with van der Waals surface area (Å²) < 4.78 is 14.3. The summed E-state index contributed by atoms with van der Waals surface area (Å²) in [6, 6.07) is 18.5. The Labute approximate surface area is 243 Å². The number of rotatable bonds is 7. The van der Waals surface area contributed by atoms with Gasteiger partial charge in [0.2, 0.25) is 0 Å².